The maximum atomic E-state index is 2.56. The number of benzene rings is 9. The highest BCUT2D eigenvalue weighted by atomic mass is 32.1. The van der Waals surface area contributed by atoms with Crippen LogP contribution in [-0.4, -0.2) is 0 Å². The van der Waals surface area contributed by atoms with Crippen LogP contribution >= 0.6 is 11.3 Å². The number of hydrogen-bond acceptors (Lipinski definition) is 2. The Morgan fingerprint density at radius 3 is 1.72 bits per heavy atom. The fourth-order valence-corrected chi connectivity index (χ4v) is 12.0. The molecule has 0 saturated heterocycles. The third kappa shape index (κ3) is 4.86. The van der Waals surface area contributed by atoms with Crippen molar-refractivity contribution in [2.75, 3.05) is 4.90 Å². The summed E-state index contributed by atoms with van der Waals surface area (Å²) in [4.78, 5) is 2.56. The van der Waals surface area contributed by atoms with E-state index in [1.807, 2.05) is 11.3 Å². The molecule has 0 atom stereocenters. The molecule has 0 saturated carbocycles. The average Bonchev–Trinajstić information content (AvgIpc) is 3.92. The maximum Gasteiger partial charge on any atom is 0.0714 e. The number of rotatable bonds is 6. The zero-order valence-electron chi connectivity index (χ0n) is 33.6. The largest absolute Gasteiger partial charge is 0.308 e. The van der Waals surface area contributed by atoms with Gasteiger partial charge in [0.15, 0.2) is 0 Å². The molecule has 0 amide bonds. The standard InChI is InChI=1S/C58H41NS/c1-57(2)48-29-13-10-26-47(48)55-45(27-17-31-50(55)57)43-24-11-15-32-52(43)59(53-33-18-28-46-44-25-12-16-34-54(44)60-56(46)53)40-35-36-42-41-23-9-14-30-49(41)58(51(42)37-40,38-19-5-3-6-20-38)39-21-7-4-8-22-39/h3-37H,1-2H3. The number of hydrogen-bond donors (Lipinski definition) is 0. The molecule has 1 heterocycles. The third-order valence-electron chi connectivity index (χ3n) is 13.4. The van der Waals surface area contributed by atoms with Crippen molar-refractivity contribution in [3.05, 3.63) is 246 Å². The molecule has 0 N–H and O–H groups in total. The molecule has 284 valence electrons. The summed E-state index contributed by atoms with van der Waals surface area (Å²) in [7, 11) is 0. The van der Waals surface area contributed by atoms with E-state index in [0.29, 0.717) is 0 Å². The van der Waals surface area contributed by atoms with Crippen LogP contribution in [-0.2, 0) is 10.8 Å². The van der Waals surface area contributed by atoms with Crippen LogP contribution in [0.25, 0.3) is 53.6 Å². The number of fused-ring (bicyclic) bond motifs is 9. The molecule has 60 heavy (non-hydrogen) atoms. The van der Waals surface area contributed by atoms with E-state index in [-0.39, 0.29) is 5.41 Å². The van der Waals surface area contributed by atoms with Gasteiger partial charge in [-0.1, -0.05) is 196 Å². The predicted molar refractivity (Wildman–Crippen MR) is 254 cm³/mol. The van der Waals surface area contributed by atoms with Crippen molar-refractivity contribution in [2.45, 2.75) is 24.7 Å². The summed E-state index contributed by atoms with van der Waals surface area (Å²) in [5, 5.41) is 2.58. The normalized spacial score (nSPS) is 14.1. The fourth-order valence-electron chi connectivity index (χ4n) is 10.8. The lowest BCUT2D eigenvalue weighted by Crippen LogP contribution is -2.28. The lowest BCUT2D eigenvalue weighted by molar-refractivity contribution is 0.660. The van der Waals surface area contributed by atoms with Gasteiger partial charge in [-0.25, -0.2) is 0 Å². The topological polar surface area (TPSA) is 3.24 Å². The van der Waals surface area contributed by atoms with Crippen LogP contribution in [0, 0.1) is 0 Å². The van der Waals surface area contributed by atoms with Crippen molar-refractivity contribution >= 4 is 48.6 Å². The van der Waals surface area contributed by atoms with Crippen molar-refractivity contribution < 1.29 is 0 Å². The summed E-state index contributed by atoms with van der Waals surface area (Å²) in [5.41, 5.74) is 18.4. The summed E-state index contributed by atoms with van der Waals surface area (Å²) in [6, 6.07) is 79.3. The first-order valence-electron chi connectivity index (χ1n) is 20.9. The minimum absolute atomic E-state index is 0.105. The van der Waals surface area contributed by atoms with E-state index in [4.69, 9.17) is 0 Å². The van der Waals surface area contributed by atoms with Crippen LogP contribution in [0.15, 0.2) is 212 Å². The summed E-state index contributed by atoms with van der Waals surface area (Å²) in [6.45, 7) is 4.74. The number of thiophene rings is 1. The molecular formula is C58H41NS. The molecular weight excluding hydrogens is 743 g/mol. The monoisotopic (exact) mass is 783 g/mol. The van der Waals surface area contributed by atoms with Gasteiger partial charge in [-0.2, -0.15) is 0 Å². The molecule has 2 aliphatic carbocycles. The zero-order chi connectivity index (χ0) is 40.0. The Kier molecular flexibility index (Phi) is 7.73. The molecule has 2 heteroatoms. The molecule has 0 aliphatic heterocycles. The highest BCUT2D eigenvalue weighted by Crippen LogP contribution is 2.59. The Morgan fingerprint density at radius 2 is 0.933 bits per heavy atom. The van der Waals surface area contributed by atoms with Gasteiger partial charge in [0.05, 0.1) is 21.5 Å². The molecule has 0 unspecified atom stereocenters. The number of para-hydroxylation sites is 1. The van der Waals surface area contributed by atoms with Gasteiger partial charge in [-0.15, -0.1) is 11.3 Å². The maximum absolute atomic E-state index is 2.56. The van der Waals surface area contributed by atoms with Crippen molar-refractivity contribution in [1.82, 2.24) is 0 Å². The molecule has 2 aliphatic rings. The van der Waals surface area contributed by atoms with Crippen LogP contribution in [0.5, 0.6) is 0 Å². The lowest BCUT2D eigenvalue weighted by atomic mass is 9.67. The molecule has 10 aromatic rings. The molecule has 9 aromatic carbocycles. The Hall–Kier alpha value is -7.00. The Morgan fingerprint density at radius 1 is 0.383 bits per heavy atom. The van der Waals surface area contributed by atoms with E-state index in [2.05, 4.69) is 231 Å². The summed E-state index contributed by atoms with van der Waals surface area (Å²) >= 11 is 1.89. The van der Waals surface area contributed by atoms with Crippen LogP contribution in [0.4, 0.5) is 17.1 Å². The van der Waals surface area contributed by atoms with Gasteiger partial charge >= 0.3 is 0 Å². The second kappa shape index (κ2) is 13.3. The Labute approximate surface area is 355 Å². The van der Waals surface area contributed by atoms with E-state index in [1.165, 1.54) is 92.6 Å². The molecule has 1 nitrogen and oxygen atoms in total. The molecule has 0 spiro atoms. The van der Waals surface area contributed by atoms with E-state index in [1.54, 1.807) is 0 Å². The third-order valence-corrected chi connectivity index (χ3v) is 14.6. The van der Waals surface area contributed by atoms with E-state index < -0.39 is 5.41 Å². The van der Waals surface area contributed by atoms with Gasteiger partial charge in [0.1, 0.15) is 0 Å². The predicted octanol–water partition coefficient (Wildman–Crippen LogP) is 15.9. The Balaban J connectivity index is 1.17. The van der Waals surface area contributed by atoms with Crippen molar-refractivity contribution in [3.8, 4) is 33.4 Å². The van der Waals surface area contributed by atoms with Gasteiger partial charge in [-0.05, 0) is 91.5 Å². The molecule has 1 aromatic heterocycles. The SMILES string of the molecule is CC1(C)c2ccccc2-c2c(-c3ccccc3N(c3ccc4c(c3)C(c3ccccc3)(c3ccccc3)c3ccccc3-4)c3cccc4c3sc3ccccc34)cccc21. The summed E-state index contributed by atoms with van der Waals surface area (Å²) in [5.74, 6) is 0. The fraction of sp³-hybridized carbons (Fsp3) is 0.0690. The quantitative estimate of drug-likeness (QED) is 0.162. The zero-order valence-corrected chi connectivity index (χ0v) is 34.4. The van der Waals surface area contributed by atoms with Gasteiger partial charge in [0.25, 0.3) is 0 Å². The first kappa shape index (κ1) is 35.0. The molecule has 0 radical (unpaired) electrons. The van der Waals surface area contributed by atoms with E-state index >= 15 is 0 Å². The average molecular weight is 784 g/mol. The highest BCUT2D eigenvalue weighted by Gasteiger charge is 2.46. The number of anilines is 3. The smallest absolute Gasteiger partial charge is 0.0714 e. The first-order chi connectivity index (χ1) is 29.5. The van der Waals surface area contributed by atoms with Crippen LogP contribution in [0.2, 0.25) is 0 Å². The molecule has 12 rings (SSSR count). The number of nitrogens with zero attached hydrogens (tertiary/aromatic N) is 1. The first-order valence-corrected chi connectivity index (χ1v) is 21.8. The molecule has 0 bridgehead atoms. The lowest BCUT2D eigenvalue weighted by Gasteiger charge is -2.35. The van der Waals surface area contributed by atoms with Gasteiger partial charge < -0.3 is 4.90 Å². The second-order valence-corrected chi connectivity index (χ2v) is 17.8. The van der Waals surface area contributed by atoms with Gasteiger partial charge in [0, 0.05) is 32.1 Å². The van der Waals surface area contributed by atoms with Crippen LogP contribution < -0.4 is 4.90 Å². The van der Waals surface area contributed by atoms with Gasteiger partial charge in [0.2, 0.25) is 0 Å². The van der Waals surface area contributed by atoms with Crippen molar-refractivity contribution in [3.63, 3.8) is 0 Å². The Bertz CT molecular complexity index is 3260. The highest BCUT2D eigenvalue weighted by molar-refractivity contribution is 7.26. The van der Waals surface area contributed by atoms with Crippen molar-refractivity contribution in [2.24, 2.45) is 0 Å². The molecule has 0 fully saturated rings. The van der Waals surface area contributed by atoms with Crippen LogP contribution in [0.1, 0.15) is 47.2 Å². The van der Waals surface area contributed by atoms with Crippen LogP contribution in [0.3, 0.4) is 0 Å². The summed E-state index contributed by atoms with van der Waals surface area (Å²) in [6.07, 6.45) is 0. The summed E-state index contributed by atoms with van der Waals surface area (Å²) < 4.78 is 2.57. The van der Waals surface area contributed by atoms with Gasteiger partial charge in [-0.3, -0.25) is 0 Å². The van der Waals surface area contributed by atoms with E-state index in [0.717, 1.165) is 11.4 Å². The van der Waals surface area contributed by atoms with Crippen molar-refractivity contribution in [1.29, 1.82) is 0 Å². The van der Waals surface area contributed by atoms with E-state index in [9.17, 15) is 0 Å². The second-order valence-electron chi connectivity index (χ2n) is 16.8. The minimum atomic E-state index is -0.519. The minimum Gasteiger partial charge on any atom is -0.308 e.